The largest absolute Gasteiger partial charge is 0.443 e. The van der Waals surface area contributed by atoms with E-state index >= 15 is 0 Å². The third kappa shape index (κ3) is 3.95. The van der Waals surface area contributed by atoms with Crippen LogP contribution in [-0.2, 0) is 13.5 Å². The van der Waals surface area contributed by atoms with Crippen LogP contribution in [0, 0.1) is 5.82 Å². The van der Waals surface area contributed by atoms with E-state index in [0.717, 1.165) is 24.1 Å². The molecule has 1 fully saturated rings. The number of carbonyl (C=O) groups excluding carboxylic acids is 1. The van der Waals surface area contributed by atoms with E-state index in [1.807, 2.05) is 11.0 Å². The first kappa shape index (κ1) is 19.4. The molecule has 0 unspecified atom stereocenters. The maximum Gasteiger partial charge on any atom is 0.272 e. The van der Waals surface area contributed by atoms with Crippen LogP contribution in [0.4, 0.5) is 4.39 Å². The van der Waals surface area contributed by atoms with Crippen molar-refractivity contribution in [1.29, 1.82) is 0 Å². The summed E-state index contributed by atoms with van der Waals surface area (Å²) < 4.78 is 20.7. The predicted octanol–water partition coefficient (Wildman–Crippen LogP) is 4.24. The molecular weight excluding hydrogens is 371 g/mol. The van der Waals surface area contributed by atoms with Crippen LogP contribution in [0.3, 0.4) is 0 Å². The summed E-state index contributed by atoms with van der Waals surface area (Å²) in [5, 5.41) is 4.46. The van der Waals surface area contributed by atoms with Gasteiger partial charge in [0.25, 0.3) is 5.91 Å². The second kappa shape index (κ2) is 7.81. The number of nitrogens with zero attached hydrogens (tertiary/aromatic N) is 4. The van der Waals surface area contributed by atoms with Crippen molar-refractivity contribution >= 4 is 5.91 Å². The molecule has 3 heterocycles. The number of oxazole rings is 1. The summed E-state index contributed by atoms with van der Waals surface area (Å²) in [4.78, 5) is 19.4. The first-order valence-electron chi connectivity index (χ1n) is 9.96. The van der Waals surface area contributed by atoms with E-state index in [9.17, 15) is 9.18 Å². The van der Waals surface area contributed by atoms with Gasteiger partial charge in [0.05, 0.1) is 11.9 Å². The molecular formula is C22H25FN4O2. The van der Waals surface area contributed by atoms with Gasteiger partial charge in [0.2, 0.25) is 5.89 Å². The minimum Gasteiger partial charge on any atom is -0.443 e. The zero-order chi connectivity index (χ0) is 20.5. The quantitative estimate of drug-likeness (QED) is 0.647. The standard InChI is InChI=1S/C22H25FN4O2/c1-14(2)18-12-20(26(3)25-18)22(28)27-10-4-5-19(27)21-24-13-17(29-21)11-15-6-8-16(23)9-7-15/h6-9,12-14,19H,4-5,10-11H2,1-3H3/t19-/m0/s1. The second-order valence-corrected chi connectivity index (χ2v) is 7.86. The SMILES string of the molecule is CC(C)c1cc(C(=O)N2CCC[C@H]2c2ncc(Cc3ccc(F)cc3)o2)n(C)n1. The summed E-state index contributed by atoms with van der Waals surface area (Å²) in [6.45, 7) is 4.79. The highest BCUT2D eigenvalue weighted by Crippen LogP contribution is 2.33. The lowest BCUT2D eigenvalue weighted by atomic mass is 10.1. The van der Waals surface area contributed by atoms with E-state index in [0.29, 0.717) is 30.3 Å². The number of carbonyl (C=O) groups is 1. The predicted molar refractivity (Wildman–Crippen MR) is 106 cm³/mol. The molecule has 1 aliphatic rings. The number of halogens is 1. The highest BCUT2D eigenvalue weighted by molar-refractivity contribution is 5.93. The molecule has 1 aliphatic heterocycles. The van der Waals surface area contributed by atoms with Gasteiger partial charge in [0, 0.05) is 20.0 Å². The molecule has 0 radical (unpaired) electrons. The summed E-state index contributed by atoms with van der Waals surface area (Å²) >= 11 is 0. The van der Waals surface area contributed by atoms with Gasteiger partial charge in [-0.05, 0) is 42.5 Å². The molecule has 29 heavy (non-hydrogen) atoms. The highest BCUT2D eigenvalue weighted by atomic mass is 19.1. The fourth-order valence-corrected chi connectivity index (χ4v) is 3.75. The van der Waals surface area contributed by atoms with Crippen molar-refractivity contribution in [2.75, 3.05) is 6.54 Å². The summed E-state index contributed by atoms with van der Waals surface area (Å²) in [6.07, 6.45) is 3.95. The van der Waals surface area contributed by atoms with E-state index in [-0.39, 0.29) is 23.7 Å². The van der Waals surface area contributed by atoms with Crippen molar-refractivity contribution in [3.05, 3.63) is 70.9 Å². The molecule has 3 aromatic rings. The summed E-state index contributed by atoms with van der Waals surface area (Å²) in [5.74, 6) is 1.21. The Balaban J connectivity index is 1.52. The minimum atomic E-state index is -0.261. The minimum absolute atomic E-state index is 0.0484. The zero-order valence-electron chi connectivity index (χ0n) is 16.9. The van der Waals surface area contributed by atoms with E-state index < -0.39 is 0 Å². The molecule has 1 aromatic carbocycles. The van der Waals surface area contributed by atoms with Crippen LogP contribution >= 0.6 is 0 Å². The van der Waals surface area contributed by atoms with Crippen molar-refractivity contribution in [1.82, 2.24) is 19.7 Å². The van der Waals surface area contributed by atoms with Gasteiger partial charge in [-0.25, -0.2) is 9.37 Å². The average molecular weight is 396 g/mol. The normalized spacial score (nSPS) is 16.7. The highest BCUT2D eigenvalue weighted by Gasteiger charge is 2.35. The van der Waals surface area contributed by atoms with Crippen molar-refractivity contribution < 1.29 is 13.6 Å². The van der Waals surface area contributed by atoms with Crippen molar-refractivity contribution in [3.8, 4) is 0 Å². The molecule has 1 saturated heterocycles. The Kier molecular flexibility index (Phi) is 5.22. The molecule has 4 rings (SSSR count). The Labute approximate surface area is 169 Å². The fraction of sp³-hybridized carbons (Fsp3) is 0.409. The van der Waals surface area contributed by atoms with Gasteiger partial charge in [-0.1, -0.05) is 26.0 Å². The number of amides is 1. The molecule has 0 saturated carbocycles. The lowest BCUT2D eigenvalue weighted by Crippen LogP contribution is -2.32. The van der Waals surface area contributed by atoms with Crippen LogP contribution in [-0.4, -0.2) is 32.1 Å². The van der Waals surface area contributed by atoms with Crippen LogP contribution < -0.4 is 0 Å². The molecule has 1 atom stereocenters. The first-order valence-corrected chi connectivity index (χ1v) is 9.96. The molecule has 152 valence electrons. The summed E-state index contributed by atoms with van der Waals surface area (Å²) in [6, 6.07) is 8.03. The van der Waals surface area contributed by atoms with Crippen LogP contribution in [0.25, 0.3) is 0 Å². The van der Waals surface area contributed by atoms with E-state index in [1.165, 1.54) is 12.1 Å². The number of aryl methyl sites for hydroxylation is 1. The van der Waals surface area contributed by atoms with Gasteiger partial charge in [-0.2, -0.15) is 5.10 Å². The lowest BCUT2D eigenvalue weighted by molar-refractivity contribution is 0.0703. The van der Waals surface area contributed by atoms with Gasteiger partial charge >= 0.3 is 0 Å². The Morgan fingerprint density at radius 3 is 2.76 bits per heavy atom. The second-order valence-electron chi connectivity index (χ2n) is 7.86. The molecule has 7 heteroatoms. The van der Waals surface area contributed by atoms with Crippen molar-refractivity contribution in [3.63, 3.8) is 0 Å². The number of hydrogen-bond acceptors (Lipinski definition) is 4. The van der Waals surface area contributed by atoms with Crippen LogP contribution in [0.1, 0.15) is 72.0 Å². The first-order chi connectivity index (χ1) is 13.9. The number of aromatic nitrogens is 3. The summed E-state index contributed by atoms with van der Waals surface area (Å²) in [7, 11) is 1.80. The van der Waals surface area contributed by atoms with Gasteiger partial charge in [0.1, 0.15) is 23.3 Å². The van der Waals surface area contributed by atoms with Gasteiger partial charge in [-0.3, -0.25) is 9.48 Å². The van der Waals surface area contributed by atoms with Gasteiger partial charge in [0.15, 0.2) is 0 Å². The lowest BCUT2D eigenvalue weighted by Gasteiger charge is -2.22. The number of likely N-dealkylation sites (tertiary alicyclic amines) is 1. The van der Waals surface area contributed by atoms with E-state index in [2.05, 4.69) is 23.9 Å². The Bertz CT molecular complexity index is 1010. The number of rotatable bonds is 5. The average Bonchev–Trinajstić information content (AvgIpc) is 3.42. The van der Waals surface area contributed by atoms with Crippen LogP contribution in [0.2, 0.25) is 0 Å². The molecule has 0 bridgehead atoms. The molecule has 1 amide bonds. The Morgan fingerprint density at radius 1 is 1.31 bits per heavy atom. The van der Waals surface area contributed by atoms with Crippen molar-refractivity contribution in [2.24, 2.45) is 7.05 Å². The molecule has 0 spiro atoms. The molecule has 6 nitrogen and oxygen atoms in total. The zero-order valence-corrected chi connectivity index (χ0v) is 16.9. The van der Waals surface area contributed by atoms with E-state index in [1.54, 1.807) is 30.1 Å². The monoisotopic (exact) mass is 396 g/mol. The fourth-order valence-electron chi connectivity index (χ4n) is 3.75. The molecule has 0 N–H and O–H groups in total. The smallest absolute Gasteiger partial charge is 0.272 e. The summed E-state index contributed by atoms with van der Waals surface area (Å²) in [5.41, 5.74) is 2.44. The molecule has 2 aromatic heterocycles. The number of benzene rings is 1. The maximum absolute atomic E-state index is 13.2. The van der Waals surface area contributed by atoms with Gasteiger partial charge < -0.3 is 9.32 Å². The van der Waals surface area contributed by atoms with Gasteiger partial charge in [-0.15, -0.1) is 0 Å². The maximum atomic E-state index is 13.2. The van der Waals surface area contributed by atoms with E-state index in [4.69, 9.17) is 4.42 Å². The Hall–Kier alpha value is -2.96. The van der Waals surface area contributed by atoms with Crippen LogP contribution in [0.15, 0.2) is 40.9 Å². The Morgan fingerprint density at radius 2 is 2.07 bits per heavy atom. The third-order valence-corrected chi connectivity index (χ3v) is 5.37. The van der Waals surface area contributed by atoms with Crippen molar-refractivity contribution in [2.45, 2.75) is 45.1 Å². The topological polar surface area (TPSA) is 64.2 Å². The van der Waals surface area contributed by atoms with Crippen LogP contribution in [0.5, 0.6) is 0 Å². The third-order valence-electron chi connectivity index (χ3n) is 5.37. The number of hydrogen-bond donors (Lipinski definition) is 0. The molecule has 0 aliphatic carbocycles.